The second kappa shape index (κ2) is 17.5. The van der Waals surface area contributed by atoms with E-state index in [1.54, 1.807) is 6.20 Å². The van der Waals surface area contributed by atoms with Gasteiger partial charge in [0.1, 0.15) is 39.5 Å². The van der Waals surface area contributed by atoms with Gasteiger partial charge in [0.2, 0.25) is 11.3 Å². The van der Waals surface area contributed by atoms with Crippen LogP contribution >= 0.6 is 31.9 Å². The number of carbonyl (C=O) groups is 1. The SMILES string of the molecule is CC12CCC(c3cn4cc(Br)nc(OC5CCC5)c4n3)(CO1)C2.CC12CCC(c3cn4cc(CC(=O)c5coc(C6CC6)n5)nc(OC5CCC5)c4n3)(CO1)C2.Nc1ncc(Br)nc1OC1CCC1. The molecule has 8 heterocycles. The Bertz CT molecular complexity index is 2900. The first-order valence-electron chi connectivity index (χ1n) is 24.8. The van der Waals surface area contributed by atoms with Crippen LogP contribution in [0.2, 0.25) is 0 Å². The first kappa shape index (κ1) is 45.4. The Morgan fingerprint density at radius 1 is 0.681 bits per heavy atom. The molecule has 8 aliphatic rings. The number of nitrogen functional groups attached to an aromatic ring is 1. The third-order valence-electron chi connectivity index (χ3n) is 15.8. The van der Waals surface area contributed by atoms with Crippen molar-refractivity contribution in [1.29, 1.82) is 0 Å². The molecule has 19 heteroatoms. The Balaban J connectivity index is 0.000000118. The summed E-state index contributed by atoms with van der Waals surface area (Å²) >= 11 is 6.71. The molecule has 0 amide bonds. The van der Waals surface area contributed by atoms with Crippen molar-refractivity contribution in [2.45, 2.75) is 176 Å². The highest BCUT2D eigenvalue weighted by atomic mass is 79.9. The highest BCUT2D eigenvalue weighted by Crippen LogP contribution is 2.55. The van der Waals surface area contributed by atoms with Crippen LogP contribution in [0, 0.1) is 0 Å². The Morgan fingerprint density at radius 2 is 1.22 bits per heavy atom. The zero-order valence-electron chi connectivity index (χ0n) is 39.1. The second-order valence-electron chi connectivity index (χ2n) is 21.4. The molecule has 6 aromatic rings. The lowest BCUT2D eigenvalue weighted by Crippen LogP contribution is -2.27. The van der Waals surface area contributed by atoms with Crippen LogP contribution in [0.5, 0.6) is 17.6 Å². The fraction of sp³-hybridized carbons (Fsp3) is 0.600. The average Bonchev–Trinajstić information content (AvgIpc) is 3.94. The van der Waals surface area contributed by atoms with Crippen molar-refractivity contribution in [2.24, 2.45) is 0 Å². The number of Topliss-reactive ketones (excluding diaryl/α,β-unsaturated/α-hetero) is 1. The molecule has 2 N–H and O–H groups in total. The lowest BCUT2D eigenvalue weighted by molar-refractivity contribution is -0.00648. The minimum Gasteiger partial charge on any atom is -0.472 e. The third-order valence-corrected chi connectivity index (χ3v) is 16.6. The summed E-state index contributed by atoms with van der Waals surface area (Å²) in [7, 11) is 0. The smallest absolute Gasteiger partial charge is 0.259 e. The fourth-order valence-electron chi connectivity index (χ4n) is 10.8. The van der Waals surface area contributed by atoms with Gasteiger partial charge < -0.3 is 38.2 Å². The number of carbonyl (C=O) groups excluding carboxylic acids is 1. The number of ether oxygens (including phenoxy) is 5. The highest BCUT2D eigenvalue weighted by molar-refractivity contribution is 9.10. The molecule has 0 aromatic carbocycles. The van der Waals surface area contributed by atoms with Crippen molar-refractivity contribution in [3.8, 4) is 17.6 Å². The van der Waals surface area contributed by atoms with Gasteiger partial charge in [-0.05, 0) is 155 Å². The Hall–Kier alpha value is -4.72. The minimum atomic E-state index is -0.0956. The number of oxazole rings is 1. The average molecular weight is 1070 g/mol. The number of rotatable bonds is 12. The van der Waals surface area contributed by atoms with E-state index in [0.29, 0.717) is 64.0 Å². The summed E-state index contributed by atoms with van der Waals surface area (Å²) in [5, 5.41) is 0. The number of anilines is 1. The number of hydrogen-bond donors (Lipinski definition) is 1. The van der Waals surface area contributed by atoms with Gasteiger partial charge in [0, 0.05) is 41.5 Å². The summed E-state index contributed by atoms with van der Waals surface area (Å²) in [6.07, 6.45) is 30.8. The Labute approximate surface area is 416 Å². The standard InChI is InChI=1S/C25H28N4O4.C17H20BrN3O2.C8H10BrN3O/c1-24-7-8-25(13-24,14-32-24)20-11-29-10-16(26-23(21(29)28-20)33-17-3-2-4-17)9-19(30)18-12-31-22(27-18)15-5-6-15;1-16-5-6-17(9-16,10-22-16)12-7-21-8-13(18)20-15(14(21)19-12)23-11-3-2-4-11;9-6-4-11-7(10)8(12-6)13-5-2-1-3-5/h10-12,15,17H,2-9,13-14H2,1H3;7-8,11H,2-6,9-10H2,1H3;4-5H,1-3H2,(H2,10,11). The minimum absolute atomic E-state index is 0.0339. The van der Waals surface area contributed by atoms with Crippen LogP contribution in [-0.2, 0) is 26.7 Å². The van der Waals surface area contributed by atoms with E-state index in [4.69, 9.17) is 48.8 Å². The van der Waals surface area contributed by atoms with Gasteiger partial charge in [-0.25, -0.2) is 34.9 Å². The maximum atomic E-state index is 12.9. The molecule has 8 fully saturated rings. The molecule has 17 nitrogen and oxygen atoms in total. The monoisotopic (exact) mass is 1070 g/mol. The molecule has 14 rings (SSSR count). The predicted octanol–water partition coefficient (Wildman–Crippen LogP) is 9.55. The molecule has 6 aromatic heterocycles. The zero-order valence-corrected chi connectivity index (χ0v) is 42.3. The summed E-state index contributed by atoms with van der Waals surface area (Å²) in [5.74, 6) is 2.93. The summed E-state index contributed by atoms with van der Waals surface area (Å²) < 4.78 is 40.9. The van der Waals surface area contributed by atoms with Crippen LogP contribution in [-0.4, -0.2) is 92.2 Å². The van der Waals surface area contributed by atoms with Crippen LogP contribution in [0.1, 0.15) is 162 Å². The van der Waals surface area contributed by atoms with E-state index in [-0.39, 0.29) is 46.4 Å². The molecule has 69 heavy (non-hydrogen) atoms. The Morgan fingerprint density at radius 3 is 1.71 bits per heavy atom. The molecule has 2 saturated heterocycles. The summed E-state index contributed by atoms with van der Waals surface area (Å²) in [6.45, 7) is 5.91. The van der Waals surface area contributed by atoms with Crippen molar-refractivity contribution in [1.82, 2.24) is 43.7 Å². The fourth-order valence-corrected chi connectivity index (χ4v) is 11.4. The lowest BCUT2D eigenvalue weighted by Gasteiger charge is -2.26. The van der Waals surface area contributed by atoms with Crippen LogP contribution < -0.4 is 19.9 Å². The van der Waals surface area contributed by atoms with E-state index in [1.165, 1.54) is 25.5 Å². The number of hydrogen-bond acceptors (Lipinski definition) is 15. The zero-order chi connectivity index (χ0) is 47.1. The summed E-state index contributed by atoms with van der Waals surface area (Å²) in [6, 6.07) is 0. The number of imidazole rings is 2. The van der Waals surface area contributed by atoms with Crippen LogP contribution in [0.15, 0.2) is 50.9 Å². The van der Waals surface area contributed by atoms with Gasteiger partial charge in [-0.15, -0.1) is 0 Å². The first-order valence-corrected chi connectivity index (χ1v) is 26.4. The molecule has 6 saturated carbocycles. The molecule has 364 valence electrons. The Kier molecular flexibility index (Phi) is 11.5. The van der Waals surface area contributed by atoms with E-state index in [2.05, 4.69) is 78.0 Å². The molecule has 4 bridgehead atoms. The van der Waals surface area contributed by atoms with Crippen molar-refractivity contribution < 1.29 is 32.9 Å². The number of aromatic nitrogens is 9. The van der Waals surface area contributed by atoms with Crippen molar-refractivity contribution in [2.75, 3.05) is 18.9 Å². The van der Waals surface area contributed by atoms with Crippen LogP contribution in [0.25, 0.3) is 11.3 Å². The van der Waals surface area contributed by atoms with Gasteiger partial charge in [0.15, 0.2) is 17.5 Å². The van der Waals surface area contributed by atoms with E-state index >= 15 is 0 Å². The van der Waals surface area contributed by atoms with Crippen molar-refractivity contribution in [3.63, 3.8) is 0 Å². The summed E-state index contributed by atoms with van der Waals surface area (Å²) in [5.41, 5.74) is 10.4. The van der Waals surface area contributed by atoms with Gasteiger partial charge in [-0.1, -0.05) is 0 Å². The second-order valence-corrected chi connectivity index (χ2v) is 23.0. The molecular formula is C50H58Br2N10O7. The van der Waals surface area contributed by atoms with Crippen molar-refractivity contribution >= 4 is 54.8 Å². The molecule has 2 aliphatic heterocycles. The van der Waals surface area contributed by atoms with Gasteiger partial charge in [-0.2, -0.15) is 0 Å². The largest absolute Gasteiger partial charge is 0.472 e. The van der Waals surface area contributed by atoms with Gasteiger partial charge in [0.05, 0.1) is 54.1 Å². The highest BCUT2D eigenvalue weighted by Gasteiger charge is 2.56. The van der Waals surface area contributed by atoms with E-state index in [1.807, 2.05) is 21.2 Å². The lowest BCUT2D eigenvalue weighted by atomic mass is 9.84. The number of ketones is 1. The van der Waals surface area contributed by atoms with Gasteiger partial charge in [0.25, 0.3) is 17.6 Å². The molecule has 0 radical (unpaired) electrons. The van der Waals surface area contributed by atoms with E-state index in [9.17, 15) is 4.79 Å². The van der Waals surface area contributed by atoms with E-state index in [0.717, 1.165) is 124 Å². The number of halogens is 2. The number of nitrogens with zero attached hydrogens (tertiary/aromatic N) is 9. The maximum absolute atomic E-state index is 12.9. The number of fused-ring (bicyclic) bond motifs is 6. The van der Waals surface area contributed by atoms with Crippen LogP contribution in [0.4, 0.5) is 5.82 Å². The quantitative estimate of drug-likeness (QED) is 0.113. The van der Waals surface area contributed by atoms with Gasteiger partial charge in [-0.3, -0.25) is 9.20 Å². The molecule has 4 unspecified atom stereocenters. The maximum Gasteiger partial charge on any atom is 0.259 e. The van der Waals surface area contributed by atoms with Crippen molar-refractivity contribution in [3.05, 3.63) is 75.1 Å². The van der Waals surface area contributed by atoms with E-state index < -0.39 is 0 Å². The third kappa shape index (κ3) is 9.02. The van der Waals surface area contributed by atoms with Gasteiger partial charge >= 0.3 is 0 Å². The normalized spacial score (nSPS) is 28.1. The molecule has 6 aliphatic carbocycles. The topological polar surface area (TPSA) is 201 Å². The number of nitrogens with two attached hydrogens (primary N) is 1. The molecule has 4 atom stereocenters. The van der Waals surface area contributed by atoms with Crippen LogP contribution in [0.3, 0.4) is 0 Å². The predicted molar refractivity (Wildman–Crippen MR) is 259 cm³/mol. The molecule has 0 spiro atoms. The first-order chi connectivity index (χ1) is 33.3. The molecular weight excluding hydrogens is 1010 g/mol. The summed E-state index contributed by atoms with van der Waals surface area (Å²) in [4.78, 5) is 44.5.